The van der Waals surface area contributed by atoms with E-state index in [-0.39, 0.29) is 36.6 Å². The van der Waals surface area contributed by atoms with Gasteiger partial charge in [0.2, 0.25) is 11.7 Å². The Morgan fingerprint density at radius 1 is 0.711 bits per heavy atom. The van der Waals surface area contributed by atoms with Gasteiger partial charge in [-0.1, -0.05) is 59.7 Å². The molecule has 8 nitrogen and oxygen atoms in total. The number of carbonyl (C=O) groups excluding carboxylic acids is 5. The molecule has 0 aliphatic rings. The monoisotopic (exact) mass is 515 g/mol. The highest BCUT2D eigenvalue weighted by Crippen LogP contribution is 2.13. The predicted molar refractivity (Wildman–Crippen MR) is 141 cm³/mol. The Labute approximate surface area is 221 Å². The summed E-state index contributed by atoms with van der Waals surface area (Å²) in [6.07, 6.45) is -1.31. The lowest BCUT2D eigenvalue weighted by Crippen LogP contribution is -2.25. The van der Waals surface area contributed by atoms with Gasteiger partial charge in [0.25, 0.3) is 0 Å². The molecule has 0 aliphatic heterocycles. The van der Waals surface area contributed by atoms with Crippen molar-refractivity contribution in [3.05, 3.63) is 101 Å². The van der Waals surface area contributed by atoms with Crippen LogP contribution in [-0.2, 0) is 19.1 Å². The van der Waals surface area contributed by atoms with Gasteiger partial charge in [-0.2, -0.15) is 0 Å². The molecule has 1 amide bonds. The number of hydrogen-bond acceptors (Lipinski definition) is 7. The lowest BCUT2D eigenvalue weighted by atomic mass is 10.1. The quantitative estimate of drug-likeness (QED) is 0.286. The molecule has 0 bridgehead atoms. The number of anilines is 1. The molecule has 1 N–H and O–H groups in total. The first-order valence-corrected chi connectivity index (χ1v) is 12.1. The molecule has 0 fully saturated rings. The van der Waals surface area contributed by atoms with Crippen molar-refractivity contribution in [3.63, 3.8) is 0 Å². The van der Waals surface area contributed by atoms with Gasteiger partial charge in [0.15, 0.2) is 18.5 Å². The van der Waals surface area contributed by atoms with Crippen LogP contribution in [0.2, 0.25) is 0 Å². The summed E-state index contributed by atoms with van der Waals surface area (Å²) in [5, 5.41) is 2.63. The van der Waals surface area contributed by atoms with E-state index >= 15 is 0 Å². The lowest BCUT2D eigenvalue weighted by molar-refractivity contribution is -0.147. The minimum Gasteiger partial charge on any atom is -0.454 e. The standard InChI is InChI=1S/C30H29NO7/c1-19-4-8-22(9-5-19)26(32)18-37-30(36)24-12-14-25(15-13-24)31-27(33)16-17-28(34)38-21(3)29(35)23-10-6-20(2)7-11-23/h4-15,21H,16-18H2,1-3H3,(H,31,33)/t21-/m0/s1. The fraction of sp³-hybridized carbons (Fsp3) is 0.233. The van der Waals surface area contributed by atoms with E-state index in [4.69, 9.17) is 9.47 Å². The van der Waals surface area contributed by atoms with Gasteiger partial charge in [-0.05, 0) is 45.0 Å². The van der Waals surface area contributed by atoms with E-state index in [9.17, 15) is 24.0 Å². The molecule has 0 saturated carbocycles. The first-order chi connectivity index (χ1) is 18.1. The Morgan fingerprint density at radius 2 is 1.24 bits per heavy atom. The number of ether oxygens (including phenoxy) is 2. The maximum absolute atomic E-state index is 12.4. The number of esters is 2. The van der Waals surface area contributed by atoms with Crippen molar-refractivity contribution in [2.24, 2.45) is 0 Å². The zero-order valence-corrected chi connectivity index (χ0v) is 21.5. The number of amides is 1. The van der Waals surface area contributed by atoms with Gasteiger partial charge in [-0.15, -0.1) is 0 Å². The molecule has 0 heterocycles. The summed E-state index contributed by atoms with van der Waals surface area (Å²) >= 11 is 0. The Morgan fingerprint density at radius 3 is 1.82 bits per heavy atom. The Bertz CT molecular complexity index is 1310. The number of aryl methyl sites for hydroxylation is 2. The molecule has 1 atom stereocenters. The van der Waals surface area contributed by atoms with Crippen molar-refractivity contribution in [1.29, 1.82) is 0 Å². The molecule has 38 heavy (non-hydrogen) atoms. The molecule has 3 aromatic carbocycles. The van der Waals surface area contributed by atoms with Crippen LogP contribution in [0.4, 0.5) is 5.69 Å². The zero-order valence-electron chi connectivity index (χ0n) is 21.5. The minimum atomic E-state index is -0.965. The van der Waals surface area contributed by atoms with Gasteiger partial charge in [-0.25, -0.2) is 4.79 Å². The van der Waals surface area contributed by atoms with Crippen LogP contribution in [0.3, 0.4) is 0 Å². The fourth-order valence-corrected chi connectivity index (χ4v) is 3.43. The van der Waals surface area contributed by atoms with Crippen LogP contribution in [0.5, 0.6) is 0 Å². The van der Waals surface area contributed by atoms with Gasteiger partial charge in [-0.3, -0.25) is 19.2 Å². The molecule has 0 aliphatic carbocycles. The van der Waals surface area contributed by atoms with E-state index in [2.05, 4.69) is 5.32 Å². The van der Waals surface area contributed by atoms with Gasteiger partial charge in [0.05, 0.1) is 12.0 Å². The average molecular weight is 516 g/mol. The molecule has 3 aromatic rings. The highest BCUT2D eigenvalue weighted by Gasteiger charge is 2.20. The summed E-state index contributed by atoms with van der Waals surface area (Å²) in [6.45, 7) is 4.92. The Balaban J connectivity index is 1.41. The van der Waals surface area contributed by atoms with Crippen LogP contribution < -0.4 is 5.32 Å². The second kappa shape index (κ2) is 13.1. The van der Waals surface area contributed by atoms with E-state index in [1.54, 1.807) is 48.5 Å². The summed E-state index contributed by atoms with van der Waals surface area (Å²) in [7, 11) is 0. The molecule has 0 saturated heterocycles. The number of ketones is 2. The predicted octanol–water partition coefficient (Wildman–Crippen LogP) is 4.88. The van der Waals surface area contributed by atoms with Crippen molar-refractivity contribution in [2.75, 3.05) is 11.9 Å². The summed E-state index contributed by atoms with van der Waals surface area (Å²) < 4.78 is 10.3. The fourth-order valence-electron chi connectivity index (χ4n) is 3.43. The molecule has 3 rings (SSSR count). The number of hydrogen-bond donors (Lipinski definition) is 1. The molecule has 0 spiro atoms. The largest absolute Gasteiger partial charge is 0.454 e. The molecular weight excluding hydrogens is 486 g/mol. The zero-order chi connectivity index (χ0) is 27.7. The summed E-state index contributed by atoms with van der Waals surface area (Å²) in [6, 6.07) is 19.8. The third kappa shape index (κ3) is 8.23. The molecule has 8 heteroatoms. The van der Waals surface area contributed by atoms with Crippen LogP contribution in [0.15, 0.2) is 72.8 Å². The third-order valence-electron chi connectivity index (χ3n) is 5.68. The van der Waals surface area contributed by atoms with Gasteiger partial charge < -0.3 is 14.8 Å². The van der Waals surface area contributed by atoms with Crippen LogP contribution in [0, 0.1) is 13.8 Å². The van der Waals surface area contributed by atoms with E-state index < -0.39 is 23.9 Å². The van der Waals surface area contributed by atoms with E-state index in [1.165, 1.54) is 31.2 Å². The summed E-state index contributed by atoms with van der Waals surface area (Å²) in [5.41, 5.74) is 3.56. The smallest absolute Gasteiger partial charge is 0.338 e. The highest BCUT2D eigenvalue weighted by molar-refractivity contribution is 6.01. The molecular formula is C30H29NO7. The third-order valence-corrected chi connectivity index (χ3v) is 5.68. The maximum atomic E-state index is 12.4. The van der Waals surface area contributed by atoms with E-state index in [0.717, 1.165) is 11.1 Å². The van der Waals surface area contributed by atoms with Crippen molar-refractivity contribution < 1.29 is 33.4 Å². The second-order valence-corrected chi connectivity index (χ2v) is 8.85. The second-order valence-electron chi connectivity index (χ2n) is 8.85. The van der Waals surface area contributed by atoms with Crippen molar-refractivity contribution in [3.8, 4) is 0 Å². The first kappa shape index (κ1) is 28.0. The lowest BCUT2D eigenvalue weighted by Gasteiger charge is -2.12. The molecule has 0 aromatic heterocycles. The number of Topliss-reactive ketones (excluding diaryl/α,β-unsaturated/α-hetero) is 2. The Hall–Kier alpha value is -4.59. The van der Waals surface area contributed by atoms with Crippen LogP contribution in [0.1, 0.15) is 62.0 Å². The van der Waals surface area contributed by atoms with Gasteiger partial charge in [0.1, 0.15) is 0 Å². The highest BCUT2D eigenvalue weighted by atomic mass is 16.5. The van der Waals surface area contributed by atoms with Crippen LogP contribution in [-0.4, -0.2) is 42.1 Å². The van der Waals surface area contributed by atoms with Crippen molar-refractivity contribution in [1.82, 2.24) is 0 Å². The maximum Gasteiger partial charge on any atom is 0.338 e. The molecule has 196 valence electrons. The van der Waals surface area contributed by atoms with Crippen molar-refractivity contribution >= 4 is 35.1 Å². The average Bonchev–Trinajstić information content (AvgIpc) is 2.91. The van der Waals surface area contributed by atoms with E-state index in [0.29, 0.717) is 16.8 Å². The van der Waals surface area contributed by atoms with Gasteiger partial charge in [0, 0.05) is 23.2 Å². The van der Waals surface area contributed by atoms with Crippen molar-refractivity contribution in [2.45, 2.75) is 39.7 Å². The minimum absolute atomic E-state index is 0.144. The van der Waals surface area contributed by atoms with Crippen LogP contribution >= 0.6 is 0 Å². The number of benzene rings is 3. The number of rotatable bonds is 11. The topological polar surface area (TPSA) is 116 Å². The molecule has 0 unspecified atom stereocenters. The summed E-state index contributed by atoms with van der Waals surface area (Å²) in [5.74, 6) is -2.39. The van der Waals surface area contributed by atoms with E-state index in [1.807, 2.05) is 13.8 Å². The summed E-state index contributed by atoms with van der Waals surface area (Å²) in [4.78, 5) is 61.1. The number of nitrogens with one attached hydrogen (secondary N) is 1. The Kier molecular flexibility index (Phi) is 9.65. The first-order valence-electron chi connectivity index (χ1n) is 12.1. The van der Waals surface area contributed by atoms with Gasteiger partial charge >= 0.3 is 11.9 Å². The molecule has 0 radical (unpaired) electrons. The number of carbonyl (C=O) groups is 5. The SMILES string of the molecule is Cc1ccc(C(=O)COC(=O)c2ccc(NC(=O)CCC(=O)O[C@@H](C)C(=O)c3ccc(C)cc3)cc2)cc1. The van der Waals surface area contributed by atoms with Crippen LogP contribution in [0.25, 0.3) is 0 Å². The normalized spacial score (nSPS) is 11.2.